The quantitative estimate of drug-likeness (QED) is 0.596. The Morgan fingerprint density at radius 3 is 2.29 bits per heavy atom. The van der Waals surface area contributed by atoms with E-state index in [9.17, 15) is 0 Å². The topological polar surface area (TPSA) is 35.0 Å². The van der Waals surface area contributed by atoms with E-state index in [2.05, 4.69) is 22.1 Å². The summed E-state index contributed by atoms with van der Waals surface area (Å²) in [5.41, 5.74) is 3.02. The fourth-order valence-corrected chi connectivity index (χ4v) is 1.99. The highest BCUT2D eigenvalue weighted by Gasteiger charge is 2.04. The average Bonchev–Trinajstić information content (AvgIpc) is 2.37. The zero-order chi connectivity index (χ0) is 11.8. The maximum Gasteiger partial charge on any atom is 0.137 e. The van der Waals surface area contributed by atoms with E-state index in [1.54, 1.807) is 13.3 Å². The number of methoxy groups -OCH3 is 1. The molecular weight excluding hydrogens is 212 g/mol. The molecule has 0 spiro atoms. The lowest BCUT2D eigenvalue weighted by Crippen LogP contribution is -1.88. The lowest BCUT2D eigenvalue weighted by molar-refractivity contribution is 0.414. The van der Waals surface area contributed by atoms with Gasteiger partial charge in [-0.1, -0.05) is 12.1 Å². The van der Waals surface area contributed by atoms with Crippen molar-refractivity contribution in [3.05, 3.63) is 42.2 Å². The van der Waals surface area contributed by atoms with Gasteiger partial charge in [-0.15, -0.1) is 0 Å². The monoisotopic (exact) mass is 224 g/mol. The largest absolute Gasteiger partial charge is 0.495 e. The van der Waals surface area contributed by atoms with E-state index in [1.807, 2.05) is 25.3 Å². The molecule has 0 bridgehead atoms. The van der Waals surface area contributed by atoms with E-state index in [4.69, 9.17) is 4.74 Å². The van der Waals surface area contributed by atoms with Gasteiger partial charge in [-0.3, -0.25) is 9.97 Å². The molecular formula is C14H12N2O. The highest BCUT2D eigenvalue weighted by atomic mass is 16.5. The molecule has 0 N–H and O–H groups in total. The van der Waals surface area contributed by atoms with Crippen LogP contribution in [0.15, 0.2) is 36.7 Å². The Bertz CT molecular complexity index is 707. The number of hydrogen-bond donors (Lipinski definition) is 0. The van der Waals surface area contributed by atoms with Gasteiger partial charge in [-0.25, -0.2) is 0 Å². The second-order valence-electron chi connectivity index (χ2n) is 4.10. The van der Waals surface area contributed by atoms with Crippen LogP contribution in [0.3, 0.4) is 0 Å². The summed E-state index contributed by atoms with van der Waals surface area (Å²) in [7, 11) is 1.64. The number of nitrogens with zero attached hydrogens (tertiary/aromatic N) is 2. The SMILES string of the molecule is COc1cnc2c(ccc3cc(C)cnc32)c1. The van der Waals surface area contributed by atoms with Gasteiger partial charge in [0.1, 0.15) is 5.75 Å². The van der Waals surface area contributed by atoms with Crippen molar-refractivity contribution in [1.29, 1.82) is 0 Å². The summed E-state index contributed by atoms with van der Waals surface area (Å²) in [5, 5.41) is 2.17. The van der Waals surface area contributed by atoms with Crippen LogP contribution in [-0.2, 0) is 0 Å². The van der Waals surface area contributed by atoms with Gasteiger partial charge < -0.3 is 4.74 Å². The molecule has 0 aliphatic heterocycles. The van der Waals surface area contributed by atoms with Gasteiger partial charge in [-0.05, 0) is 24.6 Å². The number of fused-ring (bicyclic) bond motifs is 3. The van der Waals surface area contributed by atoms with Gasteiger partial charge in [0.25, 0.3) is 0 Å². The van der Waals surface area contributed by atoms with Gasteiger partial charge >= 0.3 is 0 Å². The van der Waals surface area contributed by atoms with Crippen molar-refractivity contribution in [3.8, 4) is 5.75 Å². The fourth-order valence-electron chi connectivity index (χ4n) is 1.99. The third-order valence-electron chi connectivity index (χ3n) is 2.85. The first-order valence-electron chi connectivity index (χ1n) is 5.47. The predicted octanol–water partition coefficient (Wildman–Crippen LogP) is 3.10. The smallest absolute Gasteiger partial charge is 0.137 e. The van der Waals surface area contributed by atoms with Crippen molar-refractivity contribution in [2.75, 3.05) is 7.11 Å². The second kappa shape index (κ2) is 3.70. The molecule has 0 amide bonds. The Balaban J connectivity index is 2.40. The Morgan fingerprint density at radius 2 is 1.59 bits per heavy atom. The summed E-state index contributed by atoms with van der Waals surface area (Å²) in [6.45, 7) is 2.04. The molecule has 1 aromatic carbocycles. The van der Waals surface area contributed by atoms with Crippen LogP contribution in [0.1, 0.15) is 5.56 Å². The molecule has 3 heteroatoms. The Kier molecular flexibility index (Phi) is 2.18. The molecule has 0 fully saturated rings. The second-order valence-corrected chi connectivity index (χ2v) is 4.10. The Hall–Kier alpha value is -2.16. The lowest BCUT2D eigenvalue weighted by Gasteiger charge is -2.05. The molecule has 0 saturated carbocycles. The van der Waals surface area contributed by atoms with Gasteiger partial charge in [0.05, 0.1) is 24.3 Å². The van der Waals surface area contributed by atoms with Crippen LogP contribution < -0.4 is 4.74 Å². The summed E-state index contributed by atoms with van der Waals surface area (Å²) in [4.78, 5) is 8.88. The summed E-state index contributed by atoms with van der Waals surface area (Å²) in [5.74, 6) is 0.768. The Morgan fingerprint density at radius 1 is 0.941 bits per heavy atom. The third kappa shape index (κ3) is 1.60. The molecule has 84 valence electrons. The van der Waals surface area contributed by atoms with Crippen molar-refractivity contribution in [1.82, 2.24) is 9.97 Å². The lowest BCUT2D eigenvalue weighted by atomic mass is 10.1. The van der Waals surface area contributed by atoms with Crippen LogP contribution in [0.25, 0.3) is 21.8 Å². The first kappa shape index (κ1) is 10.0. The first-order valence-corrected chi connectivity index (χ1v) is 5.47. The Labute approximate surface area is 99.1 Å². The number of benzene rings is 1. The van der Waals surface area contributed by atoms with Crippen molar-refractivity contribution in [3.63, 3.8) is 0 Å². The summed E-state index contributed by atoms with van der Waals surface area (Å²) >= 11 is 0. The minimum absolute atomic E-state index is 0.768. The van der Waals surface area contributed by atoms with Crippen molar-refractivity contribution >= 4 is 21.8 Å². The highest BCUT2D eigenvalue weighted by Crippen LogP contribution is 2.25. The molecule has 0 atom stereocenters. The van der Waals surface area contributed by atoms with E-state index < -0.39 is 0 Å². The van der Waals surface area contributed by atoms with E-state index in [0.717, 1.165) is 33.1 Å². The van der Waals surface area contributed by atoms with E-state index in [1.165, 1.54) is 0 Å². The molecule has 3 aromatic rings. The molecule has 0 aliphatic carbocycles. The van der Waals surface area contributed by atoms with E-state index in [0.29, 0.717) is 0 Å². The minimum atomic E-state index is 0.768. The van der Waals surface area contributed by atoms with E-state index >= 15 is 0 Å². The number of pyridine rings is 2. The van der Waals surface area contributed by atoms with Gasteiger partial charge in [0, 0.05) is 17.0 Å². The van der Waals surface area contributed by atoms with Crippen LogP contribution in [-0.4, -0.2) is 17.1 Å². The van der Waals surface area contributed by atoms with Crippen molar-refractivity contribution < 1.29 is 4.74 Å². The molecule has 3 nitrogen and oxygen atoms in total. The average molecular weight is 224 g/mol. The summed E-state index contributed by atoms with van der Waals surface area (Å²) in [6.07, 6.45) is 3.59. The fraction of sp³-hybridized carbons (Fsp3) is 0.143. The van der Waals surface area contributed by atoms with Crippen LogP contribution in [0.5, 0.6) is 5.75 Å². The molecule has 17 heavy (non-hydrogen) atoms. The number of aromatic nitrogens is 2. The third-order valence-corrected chi connectivity index (χ3v) is 2.85. The molecule has 3 rings (SSSR count). The number of rotatable bonds is 1. The predicted molar refractivity (Wildman–Crippen MR) is 68.3 cm³/mol. The first-order chi connectivity index (χ1) is 8.28. The molecule has 0 aliphatic rings. The summed E-state index contributed by atoms with van der Waals surface area (Å²) in [6, 6.07) is 8.21. The van der Waals surface area contributed by atoms with Crippen LogP contribution in [0, 0.1) is 6.92 Å². The normalized spacial score (nSPS) is 10.9. The molecule has 2 aromatic heterocycles. The zero-order valence-electron chi connectivity index (χ0n) is 9.77. The number of hydrogen-bond acceptors (Lipinski definition) is 3. The molecule has 0 unspecified atom stereocenters. The van der Waals surface area contributed by atoms with E-state index in [-0.39, 0.29) is 0 Å². The zero-order valence-corrected chi connectivity index (χ0v) is 9.77. The van der Waals surface area contributed by atoms with Crippen molar-refractivity contribution in [2.45, 2.75) is 6.92 Å². The molecule has 0 saturated heterocycles. The van der Waals surface area contributed by atoms with Gasteiger partial charge in [0.2, 0.25) is 0 Å². The van der Waals surface area contributed by atoms with Gasteiger partial charge in [0.15, 0.2) is 0 Å². The maximum absolute atomic E-state index is 5.17. The number of aryl methyl sites for hydroxylation is 1. The van der Waals surface area contributed by atoms with Crippen molar-refractivity contribution in [2.24, 2.45) is 0 Å². The van der Waals surface area contributed by atoms with Crippen LogP contribution >= 0.6 is 0 Å². The summed E-state index contributed by atoms with van der Waals surface area (Å²) < 4.78 is 5.17. The van der Waals surface area contributed by atoms with Crippen LogP contribution in [0.4, 0.5) is 0 Å². The molecule has 0 radical (unpaired) electrons. The van der Waals surface area contributed by atoms with Crippen LogP contribution in [0.2, 0.25) is 0 Å². The molecule has 2 heterocycles. The van der Waals surface area contributed by atoms with Gasteiger partial charge in [-0.2, -0.15) is 0 Å². The standard InChI is InChI=1S/C14H12N2O/c1-9-5-10-3-4-11-6-12(17-2)8-16-14(11)13(10)15-7-9/h3-8H,1-2H3. The minimum Gasteiger partial charge on any atom is -0.495 e. The highest BCUT2D eigenvalue weighted by molar-refractivity contribution is 6.02. The number of ether oxygens (including phenoxy) is 1. The maximum atomic E-state index is 5.17.